The highest BCUT2D eigenvalue weighted by molar-refractivity contribution is 5.93. The second kappa shape index (κ2) is 3.93. The molecule has 1 fully saturated rings. The lowest BCUT2D eigenvalue weighted by Gasteiger charge is -2.29. The van der Waals surface area contributed by atoms with E-state index in [0.717, 1.165) is 25.2 Å². The molecule has 80 valence electrons. The molecule has 0 atom stereocenters. The number of nitrogens with zero attached hydrogens (tertiary/aromatic N) is 1. The number of carbonyl (C=O) groups is 1. The number of rotatable bonds is 1. The molecule has 3 nitrogen and oxygen atoms in total. The molecule has 15 heavy (non-hydrogen) atoms. The number of carbonyl (C=O) groups excluding carboxylic acids is 1. The van der Waals surface area contributed by atoms with Crippen LogP contribution in [0.1, 0.15) is 17.5 Å². The van der Waals surface area contributed by atoms with Crippen molar-refractivity contribution in [3.05, 3.63) is 29.3 Å². The first-order valence-electron chi connectivity index (χ1n) is 5.32. The predicted molar refractivity (Wildman–Crippen MR) is 61.3 cm³/mol. The molecule has 0 unspecified atom stereocenters. The van der Waals surface area contributed by atoms with Gasteiger partial charge in [-0.25, -0.2) is 4.79 Å². The van der Waals surface area contributed by atoms with Gasteiger partial charge in [0.05, 0.1) is 0 Å². The standard InChI is InChI=1S/C12H16N2O/c1-9-5-3-6-11(10(9)2)14-8-4-7-13-12(14)15/h3,5-6H,4,7-8H2,1-2H3,(H,13,15). The average molecular weight is 204 g/mol. The van der Waals surface area contributed by atoms with Crippen molar-refractivity contribution in [3.8, 4) is 0 Å². The second-order valence-corrected chi connectivity index (χ2v) is 3.96. The molecule has 1 aromatic rings. The van der Waals surface area contributed by atoms with Gasteiger partial charge >= 0.3 is 6.03 Å². The summed E-state index contributed by atoms with van der Waals surface area (Å²) >= 11 is 0. The first-order chi connectivity index (χ1) is 7.20. The van der Waals surface area contributed by atoms with Crippen molar-refractivity contribution < 1.29 is 4.79 Å². The molecule has 1 aromatic carbocycles. The molecule has 1 heterocycles. The van der Waals surface area contributed by atoms with Gasteiger partial charge in [-0.3, -0.25) is 4.90 Å². The first-order valence-corrected chi connectivity index (χ1v) is 5.32. The normalized spacial score (nSPS) is 16.4. The third kappa shape index (κ3) is 1.82. The summed E-state index contributed by atoms with van der Waals surface area (Å²) in [5, 5.41) is 2.86. The summed E-state index contributed by atoms with van der Waals surface area (Å²) < 4.78 is 0. The van der Waals surface area contributed by atoms with Crippen LogP contribution in [0.2, 0.25) is 0 Å². The first kappa shape index (κ1) is 10.0. The van der Waals surface area contributed by atoms with Crippen LogP contribution in [0, 0.1) is 13.8 Å². The van der Waals surface area contributed by atoms with Gasteiger partial charge in [-0.15, -0.1) is 0 Å². The predicted octanol–water partition coefficient (Wildman–Crippen LogP) is 2.22. The van der Waals surface area contributed by atoms with Crippen LogP contribution < -0.4 is 10.2 Å². The van der Waals surface area contributed by atoms with E-state index in [2.05, 4.69) is 25.2 Å². The third-order valence-corrected chi connectivity index (χ3v) is 2.95. The van der Waals surface area contributed by atoms with Gasteiger partial charge in [0, 0.05) is 18.8 Å². The topological polar surface area (TPSA) is 32.3 Å². The maximum absolute atomic E-state index is 11.7. The molecule has 0 aromatic heterocycles. The Hall–Kier alpha value is -1.51. The number of amides is 2. The van der Waals surface area contributed by atoms with Gasteiger partial charge in [0.15, 0.2) is 0 Å². The molecule has 2 rings (SSSR count). The molecule has 0 saturated carbocycles. The largest absolute Gasteiger partial charge is 0.338 e. The van der Waals surface area contributed by atoms with Gasteiger partial charge < -0.3 is 5.32 Å². The number of anilines is 1. The minimum atomic E-state index is 0.0231. The van der Waals surface area contributed by atoms with Crippen molar-refractivity contribution in [1.82, 2.24) is 5.32 Å². The summed E-state index contributed by atoms with van der Waals surface area (Å²) in [5.41, 5.74) is 3.45. The Morgan fingerprint density at radius 2 is 2.13 bits per heavy atom. The number of hydrogen-bond acceptors (Lipinski definition) is 1. The van der Waals surface area contributed by atoms with Crippen molar-refractivity contribution in [1.29, 1.82) is 0 Å². The highest BCUT2D eigenvalue weighted by atomic mass is 16.2. The Morgan fingerprint density at radius 3 is 2.87 bits per heavy atom. The van der Waals surface area contributed by atoms with Crippen LogP contribution in [0.4, 0.5) is 10.5 Å². The van der Waals surface area contributed by atoms with Gasteiger partial charge in [-0.1, -0.05) is 12.1 Å². The van der Waals surface area contributed by atoms with Crippen LogP contribution in [0.15, 0.2) is 18.2 Å². The fourth-order valence-corrected chi connectivity index (χ4v) is 1.89. The molecule has 0 aliphatic carbocycles. The lowest BCUT2D eigenvalue weighted by atomic mass is 10.1. The number of aryl methyl sites for hydroxylation is 1. The van der Waals surface area contributed by atoms with Crippen LogP contribution in [-0.4, -0.2) is 19.1 Å². The van der Waals surface area contributed by atoms with Gasteiger partial charge in [0.25, 0.3) is 0 Å². The molecular weight excluding hydrogens is 188 g/mol. The molecule has 0 spiro atoms. The van der Waals surface area contributed by atoms with Crippen molar-refractivity contribution in [3.63, 3.8) is 0 Å². The highest BCUT2D eigenvalue weighted by Gasteiger charge is 2.20. The van der Waals surface area contributed by atoms with Crippen molar-refractivity contribution in [2.45, 2.75) is 20.3 Å². The zero-order valence-electron chi connectivity index (χ0n) is 9.21. The molecule has 3 heteroatoms. The monoisotopic (exact) mass is 204 g/mol. The van der Waals surface area contributed by atoms with Gasteiger partial charge in [0.1, 0.15) is 0 Å². The van der Waals surface area contributed by atoms with Crippen molar-refractivity contribution >= 4 is 11.7 Å². The summed E-state index contributed by atoms with van der Waals surface area (Å²) in [4.78, 5) is 13.5. The van der Waals surface area contributed by atoms with E-state index in [1.54, 1.807) is 0 Å². The summed E-state index contributed by atoms with van der Waals surface area (Å²) in [6, 6.07) is 6.10. The zero-order valence-corrected chi connectivity index (χ0v) is 9.21. The Kier molecular flexibility index (Phi) is 2.62. The zero-order chi connectivity index (χ0) is 10.8. The SMILES string of the molecule is Cc1cccc(N2CCCNC2=O)c1C. The van der Waals surface area contributed by atoms with E-state index >= 15 is 0 Å². The van der Waals surface area contributed by atoms with E-state index in [9.17, 15) is 4.79 Å². The second-order valence-electron chi connectivity index (χ2n) is 3.96. The number of benzene rings is 1. The summed E-state index contributed by atoms with van der Waals surface area (Å²) in [6.45, 7) is 5.74. The maximum Gasteiger partial charge on any atom is 0.321 e. The van der Waals surface area contributed by atoms with Crippen molar-refractivity contribution in [2.24, 2.45) is 0 Å². The molecular formula is C12H16N2O. The fourth-order valence-electron chi connectivity index (χ4n) is 1.89. The molecule has 1 N–H and O–H groups in total. The minimum Gasteiger partial charge on any atom is -0.338 e. The molecule has 2 amide bonds. The molecule has 1 saturated heterocycles. The number of urea groups is 1. The Bertz CT molecular complexity index is 387. The van der Waals surface area contributed by atoms with E-state index < -0.39 is 0 Å². The van der Waals surface area contributed by atoms with E-state index in [0.29, 0.717) is 0 Å². The number of nitrogens with one attached hydrogen (secondary N) is 1. The lowest BCUT2D eigenvalue weighted by Crippen LogP contribution is -2.46. The van der Waals surface area contributed by atoms with Crippen LogP contribution >= 0.6 is 0 Å². The third-order valence-electron chi connectivity index (χ3n) is 2.95. The quantitative estimate of drug-likeness (QED) is 0.747. The van der Waals surface area contributed by atoms with Crippen LogP contribution in [0.3, 0.4) is 0 Å². The average Bonchev–Trinajstić information content (AvgIpc) is 2.23. The van der Waals surface area contributed by atoms with Gasteiger partial charge in [-0.2, -0.15) is 0 Å². The lowest BCUT2D eigenvalue weighted by molar-refractivity contribution is 0.243. The molecule has 0 radical (unpaired) electrons. The van der Waals surface area contributed by atoms with E-state index in [1.807, 2.05) is 17.0 Å². The van der Waals surface area contributed by atoms with E-state index in [-0.39, 0.29) is 6.03 Å². The summed E-state index contributed by atoms with van der Waals surface area (Å²) in [6.07, 6.45) is 1.01. The minimum absolute atomic E-state index is 0.0231. The van der Waals surface area contributed by atoms with E-state index in [4.69, 9.17) is 0 Å². The smallest absolute Gasteiger partial charge is 0.321 e. The Morgan fingerprint density at radius 1 is 1.33 bits per heavy atom. The molecule has 1 aliphatic heterocycles. The number of hydrogen-bond donors (Lipinski definition) is 1. The van der Waals surface area contributed by atoms with Crippen LogP contribution in [0.5, 0.6) is 0 Å². The molecule has 0 bridgehead atoms. The van der Waals surface area contributed by atoms with Crippen LogP contribution in [-0.2, 0) is 0 Å². The van der Waals surface area contributed by atoms with E-state index in [1.165, 1.54) is 11.1 Å². The maximum atomic E-state index is 11.7. The van der Waals surface area contributed by atoms with Gasteiger partial charge in [0.2, 0.25) is 0 Å². The van der Waals surface area contributed by atoms with Crippen molar-refractivity contribution in [2.75, 3.05) is 18.0 Å². The van der Waals surface area contributed by atoms with Crippen LogP contribution in [0.25, 0.3) is 0 Å². The fraction of sp³-hybridized carbons (Fsp3) is 0.417. The van der Waals surface area contributed by atoms with Gasteiger partial charge in [-0.05, 0) is 37.5 Å². The Labute approximate surface area is 90.1 Å². The summed E-state index contributed by atoms with van der Waals surface area (Å²) in [5.74, 6) is 0. The Balaban J connectivity index is 2.35. The summed E-state index contributed by atoms with van der Waals surface area (Å²) in [7, 11) is 0. The molecule has 1 aliphatic rings. The highest BCUT2D eigenvalue weighted by Crippen LogP contribution is 2.23.